The Kier molecular flexibility index (Phi) is 1.16. The van der Waals surface area contributed by atoms with Crippen molar-refractivity contribution < 1.29 is 9.67 Å². The van der Waals surface area contributed by atoms with Crippen molar-refractivity contribution in [2.45, 2.75) is 0 Å². The van der Waals surface area contributed by atoms with Crippen LogP contribution in [0.3, 0.4) is 0 Å². The van der Waals surface area contributed by atoms with E-state index in [0.29, 0.717) is 0 Å². The minimum absolute atomic E-state index is 0.0584. The second-order valence-electron chi connectivity index (χ2n) is 1.70. The molecule has 0 atom stereocenters. The molecule has 0 aliphatic carbocycles. The summed E-state index contributed by atoms with van der Waals surface area (Å²) in [6, 6.07) is 3.06. The van der Waals surface area contributed by atoms with Crippen LogP contribution in [0.4, 0.5) is 0 Å². The van der Waals surface area contributed by atoms with Crippen LogP contribution in [0.5, 0.6) is 5.75 Å². The molecule has 0 spiro atoms. The lowest BCUT2D eigenvalue weighted by Gasteiger charge is -1.81. The number of hydrogen-bond donors (Lipinski definition) is 0. The number of rotatable bonds is 0. The molecule has 0 unspecified atom stereocenters. The van der Waals surface area contributed by atoms with Gasteiger partial charge in [-0.25, -0.2) is 4.57 Å². The molecular weight excluding hydrogens is 102 g/mol. The van der Waals surface area contributed by atoms with E-state index in [-0.39, 0.29) is 5.75 Å². The van der Waals surface area contributed by atoms with E-state index in [0.717, 1.165) is 0 Å². The Morgan fingerprint density at radius 2 is 1.88 bits per heavy atom. The van der Waals surface area contributed by atoms with Crippen LogP contribution in [0.25, 0.3) is 0 Å². The van der Waals surface area contributed by atoms with Gasteiger partial charge in [0.05, 0.1) is 0 Å². The van der Waals surface area contributed by atoms with Crippen molar-refractivity contribution >= 4 is 0 Å². The second kappa shape index (κ2) is 1.82. The molecule has 0 aromatic carbocycles. The number of aryl methyl sites for hydroxylation is 1. The quantitative estimate of drug-likeness (QED) is 0.437. The van der Waals surface area contributed by atoms with Crippen molar-refractivity contribution in [2.75, 3.05) is 0 Å². The van der Waals surface area contributed by atoms with Gasteiger partial charge in [-0.3, -0.25) is 5.11 Å². The average molecular weight is 109 g/mol. The minimum atomic E-state index is 0.0584. The first-order valence-corrected chi connectivity index (χ1v) is 2.41. The summed E-state index contributed by atoms with van der Waals surface area (Å²) in [6.07, 6.45) is 3.45. The maximum atomic E-state index is 10.4. The fraction of sp³-hybridized carbons (Fsp3) is 0.167. The van der Waals surface area contributed by atoms with Crippen LogP contribution in [-0.2, 0) is 12.2 Å². The fourth-order valence-corrected chi connectivity index (χ4v) is 0.487. The van der Waals surface area contributed by atoms with E-state index >= 15 is 0 Å². The Labute approximate surface area is 48.0 Å². The van der Waals surface area contributed by atoms with Gasteiger partial charge in [-0.15, -0.1) is 0 Å². The number of aromatic nitrogens is 1. The summed E-state index contributed by atoms with van der Waals surface area (Å²) in [7, 11) is 1.87. The lowest BCUT2D eigenvalue weighted by Crippen LogP contribution is -2.25. The Morgan fingerprint density at radius 1 is 1.38 bits per heavy atom. The maximum Gasteiger partial charge on any atom is 0.190 e. The summed E-state index contributed by atoms with van der Waals surface area (Å²) in [5.74, 6) is 0.0584. The summed E-state index contributed by atoms with van der Waals surface area (Å²) in [4.78, 5) is 0. The highest BCUT2D eigenvalue weighted by Crippen LogP contribution is 2.01. The van der Waals surface area contributed by atoms with Gasteiger partial charge >= 0.3 is 0 Å². The maximum absolute atomic E-state index is 10.4. The van der Waals surface area contributed by atoms with Gasteiger partial charge in [-0.05, 0) is 0 Å². The van der Waals surface area contributed by atoms with Crippen LogP contribution < -0.4 is 4.57 Å². The highest BCUT2D eigenvalue weighted by Gasteiger charge is 1.90. The SMILES string of the molecule is C[n+]1ccc([O])cc1. The molecule has 0 aliphatic heterocycles. The number of pyridine rings is 1. The lowest BCUT2D eigenvalue weighted by atomic mass is 10.4. The van der Waals surface area contributed by atoms with Crippen LogP contribution in [-0.4, -0.2) is 0 Å². The van der Waals surface area contributed by atoms with Gasteiger partial charge in [0.15, 0.2) is 18.1 Å². The molecule has 0 fully saturated rings. The van der Waals surface area contributed by atoms with Gasteiger partial charge in [-0.2, -0.15) is 0 Å². The summed E-state index contributed by atoms with van der Waals surface area (Å²) in [5, 5.41) is 10.4. The number of hydrogen-bond acceptors (Lipinski definition) is 0. The Bertz CT molecular complexity index is 147. The van der Waals surface area contributed by atoms with E-state index in [4.69, 9.17) is 0 Å². The third kappa shape index (κ3) is 0.964. The van der Waals surface area contributed by atoms with Crippen molar-refractivity contribution in [1.29, 1.82) is 0 Å². The van der Waals surface area contributed by atoms with Gasteiger partial charge in [0.1, 0.15) is 7.05 Å². The predicted octanol–water partition coefficient (Wildman–Crippen LogP) is 0.655. The molecule has 1 radical (unpaired) electrons. The molecule has 1 rings (SSSR count). The molecule has 2 heteroatoms. The largest absolute Gasteiger partial charge is 0.289 e. The van der Waals surface area contributed by atoms with Crippen molar-refractivity contribution in [3.63, 3.8) is 0 Å². The smallest absolute Gasteiger partial charge is 0.190 e. The molecule has 0 saturated carbocycles. The standard InChI is InChI=1S/C6H7NO/c1-7-4-2-6(8)3-5-7/h2-5H,1H3/q+1. The molecule has 0 bridgehead atoms. The van der Waals surface area contributed by atoms with E-state index in [2.05, 4.69) is 0 Å². The molecule has 1 aromatic heterocycles. The van der Waals surface area contributed by atoms with E-state index in [1.54, 1.807) is 12.4 Å². The molecule has 1 heterocycles. The Hall–Kier alpha value is -1.05. The summed E-state index contributed by atoms with van der Waals surface area (Å²) >= 11 is 0. The molecular formula is C6H7NO+. The van der Waals surface area contributed by atoms with Gasteiger partial charge in [0.25, 0.3) is 0 Å². The van der Waals surface area contributed by atoms with Gasteiger partial charge in [0, 0.05) is 12.1 Å². The molecule has 0 aliphatic rings. The van der Waals surface area contributed by atoms with Crippen LogP contribution in [0, 0.1) is 0 Å². The van der Waals surface area contributed by atoms with E-state index < -0.39 is 0 Å². The highest BCUT2D eigenvalue weighted by molar-refractivity contribution is 5.11. The molecule has 41 valence electrons. The second-order valence-corrected chi connectivity index (χ2v) is 1.70. The highest BCUT2D eigenvalue weighted by atomic mass is 16.3. The molecule has 1 aromatic rings. The van der Waals surface area contributed by atoms with Crippen molar-refractivity contribution in [1.82, 2.24) is 0 Å². The zero-order valence-corrected chi connectivity index (χ0v) is 4.66. The first kappa shape index (κ1) is 5.09. The summed E-state index contributed by atoms with van der Waals surface area (Å²) in [5.41, 5.74) is 0. The van der Waals surface area contributed by atoms with Gasteiger partial charge in [-0.1, -0.05) is 0 Å². The van der Waals surface area contributed by atoms with E-state index in [9.17, 15) is 5.11 Å². The molecule has 0 amide bonds. The first-order chi connectivity index (χ1) is 3.79. The van der Waals surface area contributed by atoms with Crippen LogP contribution in [0.15, 0.2) is 24.5 Å². The topological polar surface area (TPSA) is 23.8 Å². The van der Waals surface area contributed by atoms with Gasteiger partial charge < -0.3 is 0 Å². The van der Waals surface area contributed by atoms with Crippen molar-refractivity contribution in [2.24, 2.45) is 7.05 Å². The van der Waals surface area contributed by atoms with Crippen LogP contribution >= 0.6 is 0 Å². The third-order valence-corrected chi connectivity index (χ3v) is 0.948. The Morgan fingerprint density at radius 3 is 2.25 bits per heavy atom. The van der Waals surface area contributed by atoms with Gasteiger partial charge in [0.2, 0.25) is 0 Å². The van der Waals surface area contributed by atoms with Crippen LogP contribution in [0.2, 0.25) is 0 Å². The van der Waals surface area contributed by atoms with E-state index in [1.165, 1.54) is 12.1 Å². The summed E-state index contributed by atoms with van der Waals surface area (Å²) < 4.78 is 1.82. The lowest BCUT2D eigenvalue weighted by molar-refractivity contribution is -0.671. The normalized spacial score (nSPS) is 9.12. The molecule has 2 nitrogen and oxygen atoms in total. The molecule has 0 saturated heterocycles. The van der Waals surface area contributed by atoms with Crippen LogP contribution in [0.1, 0.15) is 0 Å². The third-order valence-electron chi connectivity index (χ3n) is 0.948. The monoisotopic (exact) mass is 109 g/mol. The van der Waals surface area contributed by atoms with E-state index in [1.807, 2.05) is 11.6 Å². The van der Waals surface area contributed by atoms with Crippen molar-refractivity contribution in [3.05, 3.63) is 24.5 Å². The van der Waals surface area contributed by atoms with Crippen molar-refractivity contribution in [3.8, 4) is 5.75 Å². The summed E-state index contributed by atoms with van der Waals surface area (Å²) in [6.45, 7) is 0. The zero-order valence-electron chi connectivity index (χ0n) is 4.66. The molecule has 0 N–H and O–H groups in total. The number of nitrogens with zero attached hydrogens (tertiary/aromatic N) is 1. The Balaban J connectivity index is 3.03. The predicted molar refractivity (Wildman–Crippen MR) is 27.8 cm³/mol. The fourth-order valence-electron chi connectivity index (χ4n) is 0.487. The first-order valence-electron chi connectivity index (χ1n) is 2.41. The minimum Gasteiger partial charge on any atom is -0.289 e. The molecule has 8 heavy (non-hydrogen) atoms. The zero-order chi connectivity index (χ0) is 5.98. The average Bonchev–Trinajstić information content (AvgIpc) is 1.77.